The average Bonchev–Trinajstić information content (AvgIpc) is 2.08. The molecule has 0 fully saturated rings. The van der Waals surface area contributed by atoms with E-state index in [9.17, 15) is 0 Å². The summed E-state index contributed by atoms with van der Waals surface area (Å²) in [6.45, 7) is 5.63. The molecule has 1 rings (SSSR count). The lowest BCUT2D eigenvalue weighted by Gasteiger charge is -2.00. The van der Waals surface area contributed by atoms with E-state index in [-0.39, 0.29) is 5.75 Å². The highest BCUT2D eigenvalue weighted by atomic mass is 16.3. The van der Waals surface area contributed by atoms with Crippen molar-refractivity contribution in [2.45, 2.75) is 6.92 Å². The molecule has 0 atom stereocenters. The standard InChI is InChI=1S/C11H12O/c1-3-5-10-6-7-11(12)8-9(10)4-2/h3-8,12H,2H2,1H3/b5-3-. The van der Waals surface area contributed by atoms with E-state index in [4.69, 9.17) is 5.11 Å². The van der Waals surface area contributed by atoms with Crippen molar-refractivity contribution in [1.82, 2.24) is 0 Å². The fraction of sp³-hybridized carbons (Fsp3) is 0.0909. The van der Waals surface area contributed by atoms with Gasteiger partial charge in [-0.3, -0.25) is 0 Å². The molecule has 0 spiro atoms. The van der Waals surface area contributed by atoms with E-state index in [2.05, 4.69) is 6.58 Å². The van der Waals surface area contributed by atoms with Crippen molar-refractivity contribution in [2.24, 2.45) is 0 Å². The Morgan fingerprint density at radius 1 is 1.33 bits per heavy atom. The van der Waals surface area contributed by atoms with Gasteiger partial charge in [0.2, 0.25) is 0 Å². The molecule has 0 bridgehead atoms. The Hall–Kier alpha value is -1.50. The minimum Gasteiger partial charge on any atom is -0.508 e. The predicted octanol–water partition coefficient (Wildman–Crippen LogP) is 3.07. The van der Waals surface area contributed by atoms with Gasteiger partial charge in [-0.15, -0.1) is 0 Å². The molecule has 1 heteroatoms. The molecule has 62 valence electrons. The summed E-state index contributed by atoms with van der Waals surface area (Å²) >= 11 is 0. The maximum absolute atomic E-state index is 9.16. The SMILES string of the molecule is C=Cc1cc(O)ccc1/C=C\C. The van der Waals surface area contributed by atoms with Crippen molar-refractivity contribution in [3.8, 4) is 5.75 Å². The van der Waals surface area contributed by atoms with Gasteiger partial charge in [0, 0.05) is 0 Å². The number of phenolic OH excluding ortho intramolecular Hbond substituents is 1. The third-order valence-electron chi connectivity index (χ3n) is 1.64. The smallest absolute Gasteiger partial charge is 0.116 e. The van der Waals surface area contributed by atoms with E-state index in [1.54, 1.807) is 18.2 Å². The van der Waals surface area contributed by atoms with Crippen molar-refractivity contribution in [3.05, 3.63) is 42.0 Å². The van der Waals surface area contributed by atoms with Crippen molar-refractivity contribution in [2.75, 3.05) is 0 Å². The van der Waals surface area contributed by atoms with Crippen LogP contribution in [0.25, 0.3) is 12.2 Å². The molecule has 0 saturated carbocycles. The van der Waals surface area contributed by atoms with Gasteiger partial charge in [-0.2, -0.15) is 0 Å². The Labute approximate surface area is 72.7 Å². The number of hydrogen-bond donors (Lipinski definition) is 1. The van der Waals surface area contributed by atoms with E-state index in [1.165, 1.54) is 0 Å². The number of rotatable bonds is 2. The predicted molar refractivity (Wildman–Crippen MR) is 52.9 cm³/mol. The van der Waals surface area contributed by atoms with Crippen LogP contribution < -0.4 is 0 Å². The summed E-state index contributed by atoms with van der Waals surface area (Å²) in [6, 6.07) is 5.23. The Balaban J connectivity index is 3.19. The van der Waals surface area contributed by atoms with Crippen LogP contribution in [-0.2, 0) is 0 Å². The van der Waals surface area contributed by atoms with E-state index in [0.29, 0.717) is 0 Å². The fourth-order valence-electron chi connectivity index (χ4n) is 1.07. The molecule has 0 aliphatic heterocycles. The van der Waals surface area contributed by atoms with E-state index >= 15 is 0 Å². The largest absolute Gasteiger partial charge is 0.508 e. The number of allylic oxidation sites excluding steroid dienone is 1. The second-order valence-corrected chi connectivity index (χ2v) is 2.52. The highest BCUT2D eigenvalue weighted by molar-refractivity contribution is 5.65. The zero-order chi connectivity index (χ0) is 8.97. The quantitative estimate of drug-likeness (QED) is 0.704. The molecule has 0 radical (unpaired) electrons. The summed E-state index contributed by atoms with van der Waals surface area (Å²) in [5.41, 5.74) is 2.03. The topological polar surface area (TPSA) is 20.2 Å². The van der Waals surface area contributed by atoms with Gasteiger partial charge in [0.05, 0.1) is 0 Å². The Morgan fingerprint density at radius 3 is 2.67 bits per heavy atom. The van der Waals surface area contributed by atoms with Gasteiger partial charge in [-0.1, -0.05) is 30.9 Å². The van der Waals surface area contributed by atoms with Gasteiger partial charge < -0.3 is 5.11 Å². The zero-order valence-corrected chi connectivity index (χ0v) is 7.12. The van der Waals surface area contributed by atoms with Crippen LogP contribution in [0.2, 0.25) is 0 Å². The number of aromatic hydroxyl groups is 1. The average molecular weight is 160 g/mol. The van der Waals surface area contributed by atoms with Gasteiger partial charge in [-0.05, 0) is 30.2 Å². The first-order valence-corrected chi connectivity index (χ1v) is 3.86. The van der Waals surface area contributed by atoms with Gasteiger partial charge in [0.25, 0.3) is 0 Å². The number of hydrogen-bond acceptors (Lipinski definition) is 1. The third-order valence-corrected chi connectivity index (χ3v) is 1.64. The van der Waals surface area contributed by atoms with Gasteiger partial charge in [0.15, 0.2) is 0 Å². The molecular formula is C11H12O. The third kappa shape index (κ3) is 1.76. The Kier molecular flexibility index (Phi) is 2.70. The van der Waals surface area contributed by atoms with Crippen LogP contribution in [0.3, 0.4) is 0 Å². The molecule has 1 aromatic rings. The summed E-state index contributed by atoms with van der Waals surface area (Å²) in [5, 5.41) is 9.16. The highest BCUT2D eigenvalue weighted by Crippen LogP contribution is 2.18. The Morgan fingerprint density at radius 2 is 2.08 bits per heavy atom. The fourth-order valence-corrected chi connectivity index (χ4v) is 1.07. The van der Waals surface area contributed by atoms with Crippen molar-refractivity contribution in [3.63, 3.8) is 0 Å². The molecule has 1 N–H and O–H groups in total. The minimum absolute atomic E-state index is 0.276. The molecule has 0 amide bonds. The van der Waals surface area contributed by atoms with E-state index in [1.807, 2.05) is 25.1 Å². The molecule has 0 saturated heterocycles. The van der Waals surface area contributed by atoms with Crippen LogP contribution in [-0.4, -0.2) is 5.11 Å². The maximum atomic E-state index is 9.16. The van der Waals surface area contributed by atoms with Crippen LogP contribution in [0.1, 0.15) is 18.1 Å². The van der Waals surface area contributed by atoms with Crippen LogP contribution in [0.4, 0.5) is 0 Å². The molecule has 1 aromatic carbocycles. The second kappa shape index (κ2) is 3.77. The van der Waals surface area contributed by atoms with Crippen LogP contribution >= 0.6 is 0 Å². The van der Waals surface area contributed by atoms with Crippen LogP contribution in [0, 0.1) is 0 Å². The zero-order valence-electron chi connectivity index (χ0n) is 7.12. The Bertz CT molecular complexity index is 311. The summed E-state index contributed by atoms with van der Waals surface area (Å²) < 4.78 is 0. The lowest BCUT2D eigenvalue weighted by molar-refractivity contribution is 0.475. The molecule has 0 heterocycles. The van der Waals surface area contributed by atoms with Crippen LogP contribution in [0.15, 0.2) is 30.9 Å². The van der Waals surface area contributed by atoms with Gasteiger partial charge in [0.1, 0.15) is 5.75 Å². The first-order valence-electron chi connectivity index (χ1n) is 3.86. The lowest BCUT2D eigenvalue weighted by Crippen LogP contribution is -1.78. The van der Waals surface area contributed by atoms with Crippen molar-refractivity contribution < 1.29 is 5.11 Å². The number of phenols is 1. The molecule has 0 aromatic heterocycles. The molecule has 12 heavy (non-hydrogen) atoms. The molecule has 0 aliphatic rings. The second-order valence-electron chi connectivity index (χ2n) is 2.52. The molecular weight excluding hydrogens is 148 g/mol. The first-order chi connectivity index (χ1) is 5.77. The van der Waals surface area contributed by atoms with Crippen molar-refractivity contribution in [1.29, 1.82) is 0 Å². The normalized spacial score (nSPS) is 10.4. The van der Waals surface area contributed by atoms with E-state index in [0.717, 1.165) is 11.1 Å². The maximum Gasteiger partial charge on any atom is 0.116 e. The monoisotopic (exact) mass is 160 g/mol. The number of benzene rings is 1. The van der Waals surface area contributed by atoms with Crippen molar-refractivity contribution >= 4 is 12.2 Å². The molecule has 1 nitrogen and oxygen atoms in total. The molecule has 0 unspecified atom stereocenters. The summed E-state index contributed by atoms with van der Waals surface area (Å²) in [4.78, 5) is 0. The first kappa shape index (κ1) is 8.60. The summed E-state index contributed by atoms with van der Waals surface area (Å²) in [5.74, 6) is 0.276. The van der Waals surface area contributed by atoms with Crippen LogP contribution in [0.5, 0.6) is 5.75 Å². The highest BCUT2D eigenvalue weighted by Gasteiger charge is 1.95. The van der Waals surface area contributed by atoms with Gasteiger partial charge >= 0.3 is 0 Å². The minimum atomic E-state index is 0.276. The molecule has 0 aliphatic carbocycles. The summed E-state index contributed by atoms with van der Waals surface area (Å²) in [6.07, 6.45) is 5.67. The lowest BCUT2D eigenvalue weighted by atomic mass is 10.1. The summed E-state index contributed by atoms with van der Waals surface area (Å²) in [7, 11) is 0. The van der Waals surface area contributed by atoms with E-state index < -0.39 is 0 Å². The van der Waals surface area contributed by atoms with Gasteiger partial charge in [-0.25, -0.2) is 0 Å².